The zero-order chi connectivity index (χ0) is 18.5. The number of halogens is 2. The lowest BCUT2D eigenvalue weighted by Crippen LogP contribution is -2.49. The Morgan fingerprint density at radius 1 is 1.29 bits per heavy atom. The highest BCUT2D eigenvalue weighted by molar-refractivity contribution is 5.85. The summed E-state index contributed by atoms with van der Waals surface area (Å²) in [7, 11) is 0. The molecule has 2 fully saturated rings. The molecule has 3 rings (SSSR count). The van der Waals surface area contributed by atoms with Crippen molar-refractivity contribution >= 4 is 30.7 Å². The van der Waals surface area contributed by atoms with Gasteiger partial charge in [0.2, 0.25) is 11.8 Å². The number of rotatable bonds is 7. The number of hydrogen-bond donors (Lipinski definition) is 1. The molecule has 0 spiro atoms. The second-order valence-electron chi connectivity index (χ2n) is 7.36. The summed E-state index contributed by atoms with van der Waals surface area (Å²) >= 11 is 0. The van der Waals surface area contributed by atoms with Crippen molar-refractivity contribution in [3.63, 3.8) is 0 Å². The Morgan fingerprint density at radius 3 is 2.61 bits per heavy atom. The van der Waals surface area contributed by atoms with Crippen molar-refractivity contribution in [3.05, 3.63) is 11.7 Å². The maximum absolute atomic E-state index is 12.5. The Hall–Kier alpha value is -0.930. The third-order valence-corrected chi connectivity index (χ3v) is 5.50. The maximum Gasteiger partial charge on any atom is 0.240 e. The van der Waals surface area contributed by atoms with Crippen molar-refractivity contribution in [3.8, 4) is 0 Å². The van der Waals surface area contributed by atoms with Crippen LogP contribution in [0.4, 0.5) is 0 Å². The number of amides is 1. The van der Waals surface area contributed by atoms with Gasteiger partial charge in [0, 0.05) is 45.2 Å². The van der Waals surface area contributed by atoms with E-state index in [-0.39, 0.29) is 42.9 Å². The van der Waals surface area contributed by atoms with Gasteiger partial charge in [0.25, 0.3) is 0 Å². The first-order valence-corrected chi connectivity index (χ1v) is 9.76. The van der Waals surface area contributed by atoms with Crippen LogP contribution in [0.25, 0.3) is 0 Å². The largest absolute Gasteiger partial charge is 0.371 e. The van der Waals surface area contributed by atoms with Crippen LogP contribution >= 0.6 is 24.8 Å². The molecule has 1 aliphatic carbocycles. The maximum atomic E-state index is 12.5. The van der Waals surface area contributed by atoms with Gasteiger partial charge in [0.1, 0.15) is 6.10 Å². The van der Waals surface area contributed by atoms with E-state index in [1.807, 2.05) is 18.7 Å². The number of hydrogen-bond acceptors (Lipinski definition) is 7. The summed E-state index contributed by atoms with van der Waals surface area (Å²) in [5.41, 5.74) is 6.10. The lowest BCUT2D eigenvalue weighted by Gasteiger charge is -2.34. The second kappa shape index (κ2) is 11.9. The molecule has 1 saturated carbocycles. The van der Waals surface area contributed by atoms with Crippen LogP contribution in [0.5, 0.6) is 0 Å². The Bertz CT molecular complexity index is 596. The summed E-state index contributed by atoms with van der Waals surface area (Å²) in [6.07, 6.45) is 3.74. The highest BCUT2D eigenvalue weighted by atomic mass is 35.5. The molecule has 2 N–H and O–H groups in total. The standard InChI is InChI=1S/C18H31N5O3.2ClH/c1-3-25-13(2)18-20-16(26-21-18)12-22-7-9-23(10-8-22)17(24)11-14-5-4-6-15(14)19;;/h13-15H,3-12,19H2,1-2H3;2*1H/t13?,14-,15+;;/m0../s1. The quantitative estimate of drug-likeness (QED) is 0.697. The lowest BCUT2D eigenvalue weighted by molar-refractivity contribution is -0.134. The van der Waals surface area contributed by atoms with Gasteiger partial charge in [-0.2, -0.15) is 4.98 Å². The number of carbonyl (C=O) groups excluding carboxylic acids is 1. The Kier molecular flexibility index (Phi) is 10.7. The molecule has 1 unspecified atom stereocenters. The molecule has 1 aromatic heterocycles. The molecule has 3 atom stereocenters. The fourth-order valence-electron chi connectivity index (χ4n) is 3.84. The molecule has 28 heavy (non-hydrogen) atoms. The van der Waals surface area contributed by atoms with E-state index in [9.17, 15) is 4.79 Å². The molecule has 162 valence electrons. The van der Waals surface area contributed by atoms with Gasteiger partial charge in [-0.3, -0.25) is 9.69 Å². The summed E-state index contributed by atoms with van der Waals surface area (Å²) in [5, 5.41) is 3.99. The van der Waals surface area contributed by atoms with Crippen molar-refractivity contribution in [2.75, 3.05) is 32.8 Å². The van der Waals surface area contributed by atoms with Crippen molar-refractivity contribution in [1.82, 2.24) is 19.9 Å². The molecule has 10 heteroatoms. The zero-order valence-electron chi connectivity index (χ0n) is 16.7. The summed E-state index contributed by atoms with van der Waals surface area (Å²) in [6.45, 7) is 8.22. The average molecular weight is 438 g/mol. The number of aromatic nitrogens is 2. The van der Waals surface area contributed by atoms with Crippen LogP contribution in [0, 0.1) is 5.92 Å². The molecule has 1 amide bonds. The minimum absolute atomic E-state index is 0. The Balaban J connectivity index is 0.00000196. The van der Waals surface area contributed by atoms with E-state index in [0.717, 1.165) is 45.4 Å². The van der Waals surface area contributed by atoms with Crippen LogP contribution in [-0.2, 0) is 16.1 Å². The van der Waals surface area contributed by atoms with E-state index in [0.29, 0.717) is 37.2 Å². The normalized spacial score (nSPS) is 23.8. The zero-order valence-corrected chi connectivity index (χ0v) is 18.3. The molecule has 0 aromatic carbocycles. The van der Waals surface area contributed by atoms with Crippen molar-refractivity contribution in [2.24, 2.45) is 11.7 Å². The molecule has 1 aromatic rings. The van der Waals surface area contributed by atoms with E-state index in [1.54, 1.807) is 0 Å². The minimum atomic E-state index is -0.158. The fraction of sp³-hybridized carbons (Fsp3) is 0.833. The second-order valence-corrected chi connectivity index (χ2v) is 7.36. The fourth-order valence-corrected chi connectivity index (χ4v) is 3.84. The number of nitrogens with zero attached hydrogens (tertiary/aromatic N) is 4. The van der Waals surface area contributed by atoms with Crippen molar-refractivity contribution < 1.29 is 14.1 Å². The van der Waals surface area contributed by atoms with E-state index < -0.39 is 0 Å². The predicted octanol–water partition coefficient (Wildman–Crippen LogP) is 2.17. The molecule has 1 saturated heterocycles. The van der Waals surface area contributed by atoms with Crippen LogP contribution in [0.3, 0.4) is 0 Å². The monoisotopic (exact) mass is 437 g/mol. The molecule has 2 heterocycles. The Labute approximate surface area is 179 Å². The smallest absolute Gasteiger partial charge is 0.240 e. The molecule has 8 nitrogen and oxygen atoms in total. The van der Waals surface area contributed by atoms with E-state index in [4.69, 9.17) is 15.0 Å². The molecule has 0 bridgehead atoms. The van der Waals surface area contributed by atoms with Gasteiger partial charge in [-0.05, 0) is 32.6 Å². The lowest BCUT2D eigenvalue weighted by atomic mass is 9.99. The van der Waals surface area contributed by atoms with Gasteiger partial charge in [-0.1, -0.05) is 11.6 Å². The third-order valence-electron chi connectivity index (χ3n) is 5.50. The predicted molar refractivity (Wildman–Crippen MR) is 111 cm³/mol. The number of nitrogens with two attached hydrogens (primary N) is 1. The molecular weight excluding hydrogens is 405 g/mol. The minimum Gasteiger partial charge on any atom is -0.371 e. The van der Waals surface area contributed by atoms with Gasteiger partial charge in [-0.15, -0.1) is 24.8 Å². The van der Waals surface area contributed by atoms with Gasteiger partial charge in [0.05, 0.1) is 6.54 Å². The first-order chi connectivity index (χ1) is 12.6. The average Bonchev–Trinajstić information content (AvgIpc) is 3.25. The molecule has 2 aliphatic rings. The van der Waals surface area contributed by atoms with E-state index in [1.165, 1.54) is 0 Å². The number of piperazine rings is 1. The summed E-state index contributed by atoms with van der Waals surface area (Å²) < 4.78 is 10.8. The number of ether oxygens (including phenoxy) is 1. The first-order valence-electron chi connectivity index (χ1n) is 9.76. The third kappa shape index (κ3) is 6.56. The van der Waals surface area contributed by atoms with Crippen LogP contribution in [0.15, 0.2) is 4.52 Å². The van der Waals surface area contributed by atoms with Gasteiger partial charge in [0.15, 0.2) is 5.82 Å². The summed E-state index contributed by atoms with van der Waals surface area (Å²) in [5.74, 6) is 1.80. The summed E-state index contributed by atoms with van der Waals surface area (Å²) in [4.78, 5) is 21.1. The van der Waals surface area contributed by atoms with Crippen LogP contribution in [-0.4, -0.2) is 64.7 Å². The van der Waals surface area contributed by atoms with Crippen molar-refractivity contribution in [1.29, 1.82) is 0 Å². The van der Waals surface area contributed by atoms with E-state index in [2.05, 4.69) is 15.0 Å². The van der Waals surface area contributed by atoms with Crippen LogP contribution in [0.1, 0.15) is 57.3 Å². The van der Waals surface area contributed by atoms with Crippen LogP contribution in [0.2, 0.25) is 0 Å². The SMILES string of the molecule is CCOC(C)c1noc(CN2CCN(C(=O)C[C@@H]3CCC[C@H]3N)CC2)n1.Cl.Cl. The van der Waals surface area contributed by atoms with Gasteiger partial charge >= 0.3 is 0 Å². The topological polar surface area (TPSA) is 97.7 Å². The first kappa shape index (κ1) is 25.1. The van der Waals surface area contributed by atoms with E-state index >= 15 is 0 Å². The van der Waals surface area contributed by atoms with Gasteiger partial charge in [-0.25, -0.2) is 0 Å². The van der Waals surface area contributed by atoms with Gasteiger partial charge < -0.3 is 19.9 Å². The van der Waals surface area contributed by atoms with Crippen LogP contribution < -0.4 is 5.73 Å². The highest BCUT2D eigenvalue weighted by Crippen LogP contribution is 2.27. The summed E-state index contributed by atoms with van der Waals surface area (Å²) in [6, 6.07) is 0.200. The highest BCUT2D eigenvalue weighted by Gasteiger charge is 2.29. The molecule has 0 radical (unpaired) electrons. The molecular formula is C18H33Cl2N5O3. The molecule has 1 aliphatic heterocycles. The Morgan fingerprint density at radius 2 is 2.00 bits per heavy atom. The number of carbonyl (C=O) groups is 1. The van der Waals surface area contributed by atoms with Crippen molar-refractivity contribution in [2.45, 2.75) is 58.2 Å².